The Morgan fingerprint density at radius 3 is 2.78 bits per heavy atom. The molecule has 0 aliphatic carbocycles. The van der Waals surface area contributed by atoms with Gasteiger partial charge in [-0.25, -0.2) is 15.0 Å². The van der Waals surface area contributed by atoms with E-state index in [4.69, 9.17) is 5.26 Å². The Bertz CT molecular complexity index is 856. The fourth-order valence-electron chi connectivity index (χ4n) is 2.85. The Morgan fingerprint density at radius 1 is 1.17 bits per heavy atom. The molecule has 0 radical (unpaired) electrons. The van der Waals surface area contributed by atoms with Crippen LogP contribution in [-0.2, 0) is 6.42 Å². The zero-order valence-electron chi connectivity index (χ0n) is 12.6. The number of hydrogen-bond donors (Lipinski definition) is 0. The zero-order valence-corrected chi connectivity index (χ0v) is 13.4. The van der Waals surface area contributed by atoms with Crippen LogP contribution in [0.3, 0.4) is 0 Å². The molecule has 0 unspecified atom stereocenters. The molecule has 1 aromatic carbocycles. The van der Waals surface area contributed by atoms with Crippen LogP contribution < -0.4 is 4.90 Å². The fourth-order valence-corrected chi connectivity index (χ4v) is 3.85. The van der Waals surface area contributed by atoms with E-state index in [0.717, 1.165) is 45.5 Å². The lowest BCUT2D eigenvalue weighted by atomic mass is 10.2. The highest BCUT2D eigenvalue weighted by atomic mass is 32.1. The minimum Gasteiger partial charge on any atom is -0.341 e. The number of aromatic nitrogens is 3. The number of nitrogens with zero attached hydrogens (tertiary/aromatic N) is 5. The van der Waals surface area contributed by atoms with Crippen LogP contribution in [0, 0.1) is 11.3 Å². The first-order valence-corrected chi connectivity index (χ1v) is 8.50. The van der Waals surface area contributed by atoms with Crippen LogP contribution in [0.1, 0.15) is 18.5 Å². The van der Waals surface area contributed by atoms with Crippen molar-refractivity contribution in [2.45, 2.75) is 19.3 Å². The van der Waals surface area contributed by atoms with Gasteiger partial charge in [0.05, 0.1) is 34.0 Å². The van der Waals surface area contributed by atoms with Gasteiger partial charge in [0.15, 0.2) is 0 Å². The SMILES string of the molecule is N#CCc1nc(N2CCCC2)ncc1-c1nc2ccccc2s1. The Hall–Kier alpha value is -2.52. The van der Waals surface area contributed by atoms with Crippen molar-refractivity contribution < 1.29 is 0 Å². The molecule has 1 aliphatic rings. The number of hydrogen-bond acceptors (Lipinski definition) is 6. The van der Waals surface area contributed by atoms with Crippen LogP contribution in [0.4, 0.5) is 5.95 Å². The second-order valence-corrected chi connectivity index (χ2v) is 6.58. The molecule has 5 nitrogen and oxygen atoms in total. The molecule has 2 aromatic heterocycles. The molecule has 1 fully saturated rings. The minimum atomic E-state index is 0.272. The van der Waals surface area contributed by atoms with E-state index in [1.165, 1.54) is 12.8 Å². The van der Waals surface area contributed by atoms with E-state index < -0.39 is 0 Å². The predicted octanol–water partition coefficient (Wildman–Crippen LogP) is 3.42. The summed E-state index contributed by atoms with van der Waals surface area (Å²) in [7, 11) is 0. The van der Waals surface area contributed by atoms with Gasteiger partial charge < -0.3 is 4.90 Å². The summed E-state index contributed by atoms with van der Waals surface area (Å²) in [5.74, 6) is 0.734. The number of nitriles is 1. The second-order valence-electron chi connectivity index (χ2n) is 5.55. The smallest absolute Gasteiger partial charge is 0.225 e. The van der Waals surface area contributed by atoms with Gasteiger partial charge in [-0.15, -0.1) is 11.3 Å². The number of fused-ring (bicyclic) bond motifs is 1. The second kappa shape index (κ2) is 5.94. The van der Waals surface area contributed by atoms with Gasteiger partial charge in [-0.05, 0) is 25.0 Å². The van der Waals surface area contributed by atoms with E-state index in [9.17, 15) is 0 Å². The van der Waals surface area contributed by atoms with Crippen molar-refractivity contribution in [3.8, 4) is 16.6 Å². The number of rotatable bonds is 3. The third-order valence-corrected chi connectivity index (χ3v) is 5.08. The molecule has 3 heterocycles. The van der Waals surface area contributed by atoms with Crippen molar-refractivity contribution in [1.29, 1.82) is 5.26 Å². The maximum Gasteiger partial charge on any atom is 0.225 e. The molecule has 114 valence electrons. The summed E-state index contributed by atoms with van der Waals surface area (Å²) in [5, 5.41) is 10.0. The first kappa shape index (κ1) is 14.1. The average Bonchev–Trinajstić information content (AvgIpc) is 3.24. The van der Waals surface area contributed by atoms with Crippen molar-refractivity contribution in [3.63, 3.8) is 0 Å². The zero-order chi connectivity index (χ0) is 15.6. The fraction of sp³-hybridized carbons (Fsp3) is 0.294. The molecular formula is C17H15N5S. The average molecular weight is 321 g/mol. The summed E-state index contributed by atoms with van der Waals surface area (Å²) in [5.41, 5.74) is 2.61. The van der Waals surface area contributed by atoms with Gasteiger partial charge in [-0.2, -0.15) is 5.26 Å². The molecule has 0 atom stereocenters. The normalized spacial score (nSPS) is 14.3. The van der Waals surface area contributed by atoms with Gasteiger partial charge in [0.1, 0.15) is 5.01 Å². The van der Waals surface area contributed by atoms with E-state index in [2.05, 4.69) is 32.0 Å². The molecule has 0 saturated carbocycles. The summed E-state index contributed by atoms with van der Waals surface area (Å²) in [6, 6.07) is 10.3. The predicted molar refractivity (Wildman–Crippen MR) is 91.4 cm³/mol. The summed E-state index contributed by atoms with van der Waals surface area (Å²) < 4.78 is 1.13. The maximum absolute atomic E-state index is 9.15. The van der Waals surface area contributed by atoms with E-state index in [1.807, 2.05) is 24.4 Å². The molecular weight excluding hydrogens is 306 g/mol. The summed E-state index contributed by atoms with van der Waals surface area (Å²) in [6.07, 6.45) is 4.45. The summed E-state index contributed by atoms with van der Waals surface area (Å²) in [6.45, 7) is 1.99. The lowest BCUT2D eigenvalue weighted by Gasteiger charge is -2.16. The Kier molecular flexibility index (Phi) is 3.64. The van der Waals surface area contributed by atoms with Crippen molar-refractivity contribution in [2.24, 2.45) is 0 Å². The van der Waals surface area contributed by atoms with Crippen LogP contribution in [0.2, 0.25) is 0 Å². The van der Waals surface area contributed by atoms with Gasteiger partial charge in [-0.3, -0.25) is 0 Å². The molecule has 0 amide bonds. The molecule has 3 aromatic rings. The summed E-state index contributed by atoms with van der Waals surface area (Å²) >= 11 is 1.61. The summed E-state index contributed by atoms with van der Waals surface area (Å²) in [4.78, 5) is 16.0. The van der Waals surface area contributed by atoms with Crippen molar-refractivity contribution in [2.75, 3.05) is 18.0 Å². The lowest BCUT2D eigenvalue weighted by molar-refractivity contribution is 0.884. The van der Waals surface area contributed by atoms with Crippen LogP contribution in [0.15, 0.2) is 30.5 Å². The van der Waals surface area contributed by atoms with E-state index >= 15 is 0 Å². The standard InChI is InChI=1S/C17H15N5S/c18-8-7-13-12(11-19-17(21-13)22-9-3-4-10-22)16-20-14-5-1-2-6-15(14)23-16/h1-2,5-6,11H,3-4,7,9-10H2. The van der Waals surface area contributed by atoms with Gasteiger partial charge in [0.2, 0.25) is 5.95 Å². The van der Waals surface area contributed by atoms with Crippen LogP contribution in [0.25, 0.3) is 20.8 Å². The molecule has 1 saturated heterocycles. The molecule has 4 rings (SSSR count). The number of anilines is 1. The van der Waals surface area contributed by atoms with Crippen LogP contribution in [0.5, 0.6) is 0 Å². The third-order valence-electron chi connectivity index (χ3n) is 4.01. The topological polar surface area (TPSA) is 65.7 Å². The highest BCUT2D eigenvalue weighted by molar-refractivity contribution is 7.21. The van der Waals surface area contributed by atoms with Gasteiger partial charge >= 0.3 is 0 Å². The van der Waals surface area contributed by atoms with Crippen LogP contribution in [-0.4, -0.2) is 28.0 Å². The number of benzene rings is 1. The monoisotopic (exact) mass is 321 g/mol. The molecule has 23 heavy (non-hydrogen) atoms. The van der Waals surface area contributed by atoms with Gasteiger partial charge in [-0.1, -0.05) is 12.1 Å². The van der Waals surface area contributed by atoms with Crippen LogP contribution >= 0.6 is 11.3 Å². The Morgan fingerprint density at radius 2 is 2.00 bits per heavy atom. The Balaban J connectivity index is 1.78. The van der Waals surface area contributed by atoms with Crippen molar-refractivity contribution in [3.05, 3.63) is 36.2 Å². The Labute approximate surface area is 138 Å². The third kappa shape index (κ3) is 2.64. The maximum atomic E-state index is 9.15. The molecule has 6 heteroatoms. The van der Waals surface area contributed by atoms with E-state index in [-0.39, 0.29) is 6.42 Å². The highest BCUT2D eigenvalue weighted by Crippen LogP contribution is 2.32. The largest absolute Gasteiger partial charge is 0.341 e. The lowest BCUT2D eigenvalue weighted by Crippen LogP contribution is -2.21. The van der Waals surface area contributed by atoms with Crippen molar-refractivity contribution in [1.82, 2.24) is 15.0 Å². The number of thiazole rings is 1. The quantitative estimate of drug-likeness (QED) is 0.739. The van der Waals surface area contributed by atoms with E-state index in [1.54, 1.807) is 11.3 Å². The minimum absolute atomic E-state index is 0.272. The first-order valence-electron chi connectivity index (χ1n) is 7.69. The van der Waals surface area contributed by atoms with Gasteiger partial charge in [0.25, 0.3) is 0 Å². The van der Waals surface area contributed by atoms with Crippen molar-refractivity contribution >= 4 is 27.5 Å². The van der Waals surface area contributed by atoms with Gasteiger partial charge in [0, 0.05) is 19.3 Å². The molecule has 1 aliphatic heterocycles. The molecule has 0 bridgehead atoms. The molecule has 0 spiro atoms. The van der Waals surface area contributed by atoms with E-state index in [0.29, 0.717) is 0 Å². The molecule has 0 N–H and O–H groups in total. The highest BCUT2D eigenvalue weighted by Gasteiger charge is 2.18. The number of para-hydroxylation sites is 1. The first-order chi connectivity index (χ1) is 11.3.